The maximum Gasteiger partial charge on any atom is 0.354 e. The van der Waals surface area contributed by atoms with Crippen LogP contribution in [0.5, 0.6) is 0 Å². The van der Waals surface area contributed by atoms with E-state index in [1.54, 1.807) is 16.4 Å². The van der Waals surface area contributed by atoms with Gasteiger partial charge in [0.05, 0.1) is 13.7 Å². The summed E-state index contributed by atoms with van der Waals surface area (Å²) in [4.78, 5) is 39.7. The predicted octanol–water partition coefficient (Wildman–Crippen LogP) is 4.41. The maximum absolute atomic E-state index is 13.1. The molecule has 0 fully saturated rings. The Labute approximate surface area is 175 Å². The maximum atomic E-state index is 13.1. The summed E-state index contributed by atoms with van der Waals surface area (Å²) >= 11 is 0. The molecule has 0 saturated heterocycles. The Morgan fingerprint density at radius 3 is 2.17 bits per heavy atom. The van der Waals surface area contributed by atoms with E-state index < -0.39 is 5.97 Å². The number of hydrogen-bond donors (Lipinski definition) is 0. The van der Waals surface area contributed by atoms with E-state index in [1.165, 1.54) is 7.11 Å². The lowest BCUT2D eigenvalue weighted by atomic mass is 9.84. The van der Waals surface area contributed by atoms with Gasteiger partial charge in [-0.25, -0.2) is 4.79 Å². The van der Waals surface area contributed by atoms with E-state index in [0.29, 0.717) is 36.3 Å². The zero-order chi connectivity index (χ0) is 22.5. The molecule has 1 amide bonds. The largest absolute Gasteiger partial charge is 0.464 e. The number of ketones is 1. The van der Waals surface area contributed by atoms with Crippen LogP contribution in [0.3, 0.4) is 0 Å². The molecule has 1 aromatic rings. The molecule has 0 radical (unpaired) electrons. The number of methoxy groups -OCH3 is 1. The van der Waals surface area contributed by atoms with Crippen LogP contribution in [0, 0.1) is 25.2 Å². The van der Waals surface area contributed by atoms with Gasteiger partial charge < -0.3 is 14.2 Å². The first kappa shape index (κ1) is 24.9. The SMILES string of the molecule is CCN(CC(=O)c1c(C)c(C(=O)OC)n(CC)c1C)C(=O)CC(C)CC(C)(C)C. The summed E-state index contributed by atoms with van der Waals surface area (Å²) in [5.74, 6) is -0.347. The minimum absolute atomic E-state index is 0.00368. The van der Waals surface area contributed by atoms with Crippen molar-refractivity contribution in [2.75, 3.05) is 20.2 Å². The fraction of sp³-hybridized carbons (Fsp3) is 0.696. The average molecular weight is 407 g/mol. The molecule has 1 atom stereocenters. The Balaban J connectivity index is 3.06. The number of Topliss-reactive ketones (excluding diaryl/α,β-unsaturated/α-hetero) is 1. The van der Waals surface area contributed by atoms with Gasteiger partial charge in [0.15, 0.2) is 5.78 Å². The third kappa shape index (κ3) is 6.18. The third-order valence-electron chi connectivity index (χ3n) is 5.29. The summed E-state index contributed by atoms with van der Waals surface area (Å²) < 4.78 is 6.70. The van der Waals surface area contributed by atoms with Gasteiger partial charge in [-0.1, -0.05) is 27.7 Å². The molecule has 1 unspecified atom stereocenters. The molecular formula is C23H38N2O4. The second kappa shape index (κ2) is 10.1. The first-order valence-electron chi connectivity index (χ1n) is 10.5. The van der Waals surface area contributed by atoms with Crippen molar-refractivity contribution in [3.63, 3.8) is 0 Å². The molecule has 29 heavy (non-hydrogen) atoms. The van der Waals surface area contributed by atoms with E-state index >= 15 is 0 Å². The Kier molecular flexibility index (Phi) is 8.66. The summed E-state index contributed by atoms with van der Waals surface area (Å²) in [6.07, 6.45) is 1.38. The van der Waals surface area contributed by atoms with Crippen molar-refractivity contribution >= 4 is 17.7 Å². The Morgan fingerprint density at radius 2 is 1.72 bits per heavy atom. The molecule has 0 aliphatic carbocycles. The molecule has 164 valence electrons. The molecular weight excluding hydrogens is 368 g/mol. The number of carbonyl (C=O) groups excluding carboxylic acids is 3. The van der Waals surface area contributed by atoms with Gasteiger partial charge in [0.2, 0.25) is 5.91 Å². The van der Waals surface area contributed by atoms with E-state index in [1.807, 2.05) is 20.8 Å². The summed E-state index contributed by atoms with van der Waals surface area (Å²) in [7, 11) is 1.34. The van der Waals surface area contributed by atoms with Gasteiger partial charge in [0.1, 0.15) is 5.69 Å². The second-order valence-corrected chi connectivity index (χ2v) is 9.08. The quantitative estimate of drug-likeness (QED) is 0.450. The number of likely N-dealkylation sites (N-methyl/N-ethyl adjacent to an activating group) is 1. The molecule has 1 heterocycles. The van der Waals surface area contributed by atoms with Crippen LogP contribution in [0.15, 0.2) is 0 Å². The number of nitrogens with zero attached hydrogens (tertiary/aromatic N) is 2. The van der Waals surface area contributed by atoms with Gasteiger partial charge in [0, 0.05) is 30.8 Å². The highest BCUT2D eigenvalue weighted by Gasteiger charge is 2.28. The number of rotatable bonds is 9. The zero-order valence-corrected chi connectivity index (χ0v) is 19.6. The smallest absolute Gasteiger partial charge is 0.354 e. The van der Waals surface area contributed by atoms with E-state index in [4.69, 9.17) is 4.74 Å². The molecule has 6 heteroatoms. The van der Waals surface area contributed by atoms with Gasteiger partial charge in [-0.15, -0.1) is 0 Å². The number of carbonyl (C=O) groups is 3. The fourth-order valence-electron chi connectivity index (χ4n) is 4.23. The van der Waals surface area contributed by atoms with Gasteiger partial charge in [-0.2, -0.15) is 0 Å². The van der Waals surface area contributed by atoms with Crippen LogP contribution in [0.4, 0.5) is 0 Å². The highest BCUT2D eigenvalue weighted by Crippen LogP contribution is 2.27. The van der Waals surface area contributed by atoms with E-state index in [2.05, 4.69) is 27.7 Å². The van der Waals surface area contributed by atoms with Crippen LogP contribution < -0.4 is 0 Å². The Bertz CT molecular complexity index is 756. The topological polar surface area (TPSA) is 68.6 Å². The number of ether oxygens (including phenoxy) is 1. The lowest BCUT2D eigenvalue weighted by Crippen LogP contribution is -2.37. The number of amides is 1. The van der Waals surface area contributed by atoms with Gasteiger partial charge >= 0.3 is 5.97 Å². The number of aromatic nitrogens is 1. The molecule has 0 N–H and O–H groups in total. The van der Waals surface area contributed by atoms with Crippen LogP contribution in [0.1, 0.15) is 86.5 Å². The summed E-state index contributed by atoms with van der Waals surface area (Å²) in [5.41, 5.74) is 2.43. The zero-order valence-electron chi connectivity index (χ0n) is 19.6. The fourth-order valence-corrected chi connectivity index (χ4v) is 4.23. The monoisotopic (exact) mass is 406 g/mol. The standard InChI is InChI=1S/C23H38N2O4/c1-10-24(19(27)12-15(3)13-23(6,7)8)14-18(26)20-16(4)21(22(28)29-9)25(11-2)17(20)5/h15H,10-14H2,1-9H3. The molecule has 0 spiro atoms. The first-order chi connectivity index (χ1) is 13.4. The molecule has 0 saturated carbocycles. The summed E-state index contributed by atoms with van der Waals surface area (Å²) in [6, 6.07) is 0. The Hall–Kier alpha value is -2.11. The van der Waals surface area contributed by atoms with Crippen molar-refractivity contribution in [2.24, 2.45) is 11.3 Å². The normalized spacial score (nSPS) is 12.6. The van der Waals surface area contributed by atoms with Gasteiger partial charge in [-0.3, -0.25) is 9.59 Å². The molecule has 0 aromatic carbocycles. The van der Waals surface area contributed by atoms with Crippen LogP contribution in [0.25, 0.3) is 0 Å². The van der Waals surface area contributed by atoms with Crippen LogP contribution in [-0.2, 0) is 16.1 Å². The third-order valence-corrected chi connectivity index (χ3v) is 5.29. The predicted molar refractivity (Wildman–Crippen MR) is 115 cm³/mol. The molecule has 1 aromatic heterocycles. The highest BCUT2D eigenvalue weighted by molar-refractivity contribution is 6.04. The second-order valence-electron chi connectivity index (χ2n) is 9.08. The lowest BCUT2D eigenvalue weighted by Gasteiger charge is -2.26. The van der Waals surface area contributed by atoms with Gasteiger partial charge in [0.25, 0.3) is 0 Å². The average Bonchev–Trinajstić information content (AvgIpc) is 2.86. The Morgan fingerprint density at radius 1 is 1.14 bits per heavy atom. The highest BCUT2D eigenvalue weighted by atomic mass is 16.5. The van der Waals surface area contributed by atoms with Crippen molar-refractivity contribution in [2.45, 2.75) is 74.8 Å². The first-order valence-corrected chi connectivity index (χ1v) is 10.5. The van der Waals surface area contributed by atoms with Crippen molar-refractivity contribution in [1.82, 2.24) is 9.47 Å². The van der Waals surface area contributed by atoms with Gasteiger partial charge in [-0.05, 0) is 51.0 Å². The minimum atomic E-state index is -0.453. The molecule has 0 aliphatic rings. The summed E-state index contributed by atoms with van der Waals surface area (Å²) in [5, 5.41) is 0. The van der Waals surface area contributed by atoms with E-state index in [0.717, 1.165) is 12.1 Å². The number of esters is 1. The molecule has 0 bridgehead atoms. The van der Waals surface area contributed by atoms with Crippen LogP contribution >= 0.6 is 0 Å². The number of hydrogen-bond acceptors (Lipinski definition) is 4. The van der Waals surface area contributed by atoms with Crippen molar-refractivity contribution in [3.8, 4) is 0 Å². The molecule has 6 nitrogen and oxygen atoms in total. The minimum Gasteiger partial charge on any atom is -0.464 e. The molecule has 0 aliphatic heterocycles. The van der Waals surface area contributed by atoms with Crippen molar-refractivity contribution in [1.29, 1.82) is 0 Å². The van der Waals surface area contributed by atoms with Crippen LogP contribution in [-0.4, -0.2) is 47.3 Å². The van der Waals surface area contributed by atoms with E-state index in [9.17, 15) is 14.4 Å². The summed E-state index contributed by atoms with van der Waals surface area (Å²) in [6.45, 7) is 17.0. The van der Waals surface area contributed by atoms with Crippen molar-refractivity contribution in [3.05, 3.63) is 22.5 Å². The van der Waals surface area contributed by atoms with Crippen LogP contribution in [0.2, 0.25) is 0 Å². The molecule has 1 rings (SSSR count). The van der Waals surface area contributed by atoms with E-state index in [-0.39, 0.29) is 29.6 Å². The lowest BCUT2D eigenvalue weighted by molar-refractivity contribution is -0.131. The van der Waals surface area contributed by atoms with Crippen molar-refractivity contribution < 1.29 is 19.1 Å².